The summed E-state index contributed by atoms with van der Waals surface area (Å²) < 4.78 is 11.8. The van der Waals surface area contributed by atoms with E-state index in [-0.39, 0.29) is 17.7 Å². The Morgan fingerprint density at radius 3 is 2.68 bits per heavy atom. The number of ether oxygens (including phenoxy) is 1. The van der Waals surface area contributed by atoms with Gasteiger partial charge in [-0.15, -0.1) is 0 Å². The van der Waals surface area contributed by atoms with Crippen LogP contribution in [-0.4, -0.2) is 23.3 Å². The van der Waals surface area contributed by atoms with Crippen molar-refractivity contribution in [3.05, 3.63) is 29.0 Å². The lowest BCUT2D eigenvalue weighted by molar-refractivity contribution is 0.0623. The Morgan fingerprint density at radius 1 is 1.24 bits per heavy atom. The third kappa shape index (κ3) is 2.71. The van der Waals surface area contributed by atoms with E-state index in [0.29, 0.717) is 40.0 Å². The van der Waals surface area contributed by atoms with E-state index in [0.717, 1.165) is 25.7 Å². The topological polar surface area (TPSA) is 68.5 Å². The molecule has 5 heteroatoms. The van der Waals surface area contributed by atoms with Crippen LogP contribution in [0.4, 0.5) is 0 Å². The molecule has 0 radical (unpaired) electrons. The molecule has 2 heterocycles. The maximum Gasteiger partial charge on any atom is 0.287 e. The minimum atomic E-state index is -0.516. The fraction of sp³-hybridized carbons (Fsp3) is 0.500. The van der Waals surface area contributed by atoms with Gasteiger partial charge >= 0.3 is 0 Å². The van der Waals surface area contributed by atoms with Crippen molar-refractivity contribution in [1.82, 2.24) is 5.32 Å². The third-order valence-electron chi connectivity index (χ3n) is 5.20. The third-order valence-corrected chi connectivity index (χ3v) is 5.20. The number of hydrogen-bond acceptors (Lipinski definition) is 4. The molecule has 0 saturated heterocycles. The number of hydrogen-bond donors (Lipinski definition) is 1. The molecule has 0 atom stereocenters. The lowest BCUT2D eigenvalue weighted by atomic mass is 9.90. The largest absolute Gasteiger partial charge is 0.487 e. The highest BCUT2D eigenvalue weighted by atomic mass is 16.5. The molecule has 0 unspecified atom stereocenters. The maximum atomic E-state index is 12.7. The predicted octanol–water partition coefficient (Wildman–Crippen LogP) is 4.16. The zero-order chi connectivity index (χ0) is 17.8. The second-order valence-corrected chi connectivity index (χ2v) is 7.78. The second-order valence-electron chi connectivity index (χ2n) is 7.78. The SMILES string of the molecule is Cc1c(C(=O)NC2CCCC2)oc2ccc3c(c12)C(=O)CC(C)(C)O3. The molecular formula is C20H23NO4. The minimum absolute atomic E-state index is 0.0310. The molecule has 0 spiro atoms. The molecule has 25 heavy (non-hydrogen) atoms. The highest BCUT2D eigenvalue weighted by Gasteiger charge is 2.35. The van der Waals surface area contributed by atoms with Gasteiger partial charge in [0.05, 0.1) is 12.0 Å². The number of rotatable bonds is 2. The Hall–Kier alpha value is -2.30. The van der Waals surface area contributed by atoms with Crippen LogP contribution in [0.5, 0.6) is 5.75 Å². The lowest BCUT2D eigenvalue weighted by Crippen LogP contribution is -2.36. The number of aryl methyl sites for hydroxylation is 1. The number of Topliss-reactive ketones (excluding diaryl/α,β-unsaturated/α-hetero) is 1. The highest BCUT2D eigenvalue weighted by Crippen LogP contribution is 2.40. The van der Waals surface area contributed by atoms with Crippen molar-refractivity contribution in [1.29, 1.82) is 0 Å². The number of ketones is 1. The Balaban J connectivity index is 1.77. The Labute approximate surface area is 146 Å². The van der Waals surface area contributed by atoms with Crippen LogP contribution in [0.3, 0.4) is 0 Å². The number of amides is 1. The van der Waals surface area contributed by atoms with Crippen LogP contribution in [0.1, 0.15) is 72.4 Å². The van der Waals surface area contributed by atoms with E-state index < -0.39 is 5.60 Å². The summed E-state index contributed by atoms with van der Waals surface area (Å²) in [5.74, 6) is 0.704. The van der Waals surface area contributed by atoms with Crippen LogP contribution in [0.2, 0.25) is 0 Å². The summed E-state index contributed by atoms with van der Waals surface area (Å²) in [6.45, 7) is 5.64. The standard InChI is InChI=1S/C20H23NO4/c1-11-16-14(24-18(11)19(23)21-12-6-4-5-7-12)8-9-15-17(16)13(22)10-20(2,3)25-15/h8-9,12H,4-7,10H2,1-3H3,(H,21,23). The molecule has 5 nitrogen and oxygen atoms in total. The Morgan fingerprint density at radius 2 is 1.96 bits per heavy atom. The van der Waals surface area contributed by atoms with E-state index in [1.165, 1.54) is 0 Å². The lowest BCUT2D eigenvalue weighted by Gasteiger charge is -2.31. The summed E-state index contributed by atoms with van der Waals surface area (Å²) >= 11 is 0. The van der Waals surface area contributed by atoms with Gasteiger partial charge in [-0.05, 0) is 45.7 Å². The molecule has 2 aliphatic rings. The van der Waals surface area contributed by atoms with E-state index in [4.69, 9.17) is 9.15 Å². The second kappa shape index (κ2) is 5.61. The van der Waals surface area contributed by atoms with Gasteiger partial charge in [-0.2, -0.15) is 0 Å². The fourth-order valence-corrected chi connectivity index (χ4v) is 4.03. The van der Waals surface area contributed by atoms with Gasteiger partial charge in [-0.3, -0.25) is 9.59 Å². The van der Waals surface area contributed by atoms with Crippen molar-refractivity contribution >= 4 is 22.7 Å². The van der Waals surface area contributed by atoms with Gasteiger partial charge in [0.25, 0.3) is 5.91 Å². The van der Waals surface area contributed by atoms with Crippen molar-refractivity contribution in [3.8, 4) is 5.75 Å². The molecule has 4 rings (SSSR count). The van der Waals surface area contributed by atoms with Gasteiger partial charge in [0.15, 0.2) is 11.5 Å². The first kappa shape index (κ1) is 16.2. The van der Waals surface area contributed by atoms with E-state index in [1.807, 2.05) is 20.8 Å². The van der Waals surface area contributed by atoms with E-state index >= 15 is 0 Å². The summed E-state index contributed by atoms with van der Waals surface area (Å²) in [6, 6.07) is 3.76. The van der Waals surface area contributed by atoms with Crippen LogP contribution in [0.25, 0.3) is 11.0 Å². The predicted molar refractivity (Wildman–Crippen MR) is 94.3 cm³/mol. The number of carbonyl (C=O) groups is 2. The van der Waals surface area contributed by atoms with Crippen molar-refractivity contribution < 1.29 is 18.7 Å². The minimum Gasteiger partial charge on any atom is -0.487 e. The van der Waals surface area contributed by atoms with Crippen LogP contribution in [0, 0.1) is 6.92 Å². The van der Waals surface area contributed by atoms with Gasteiger partial charge in [-0.25, -0.2) is 0 Å². The van der Waals surface area contributed by atoms with Gasteiger partial charge in [0, 0.05) is 17.0 Å². The van der Waals surface area contributed by atoms with Gasteiger partial charge in [-0.1, -0.05) is 12.8 Å². The zero-order valence-corrected chi connectivity index (χ0v) is 14.9. The first-order valence-corrected chi connectivity index (χ1v) is 8.95. The summed E-state index contributed by atoms with van der Waals surface area (Å²) in [7, 11) is 0. The van der Waals surface area contributed by atoms with E-state index in [1.54, 1.807) is 12.1 Å². The van der Waals surface area contributed by atoms with E-state index in [9.17, 15) is 9.59 Å². The zero-order valence-electron chi connectivity index (χ0n) is 14.9. The number of nitrogens with one attached hydrogen (secondary N) is 1. The molecule has 1 amide bonds. The molecule has 1 saturated carbocycles. The smallest absolute Gasteiger partial charge is 0.287 e. The quantitative estimate of drug-likeness (QED) is 0.890. The average Bonchev–Trinajstić information content (AvgIpc) is 3.14. The first-order chi connectivity index (χ1) is 11.9. The van der Waals surface area contributed by atoms with Crippen LogP contribution in [0.15, 0.2) is 16.5 Å². The molecule has 1 fully saturated rings. The van der Waals surface area contributed by atoms with Crippen molar-refractivity contribution in [2.24, 2.45) is 0 Å². The molecule has 1 N–H and O–H groups in total. The fourth-order valence-electron chi connectivity index (χ4n) is 4.03. The first-order valence-electron chi connectivity index (χ1n) is 8.95. The monoisotopic (exact) mass is 341 g/mol. The molecule has 1 aromatic carbocycles. The summed E-state index contributed by atoms with van der Waals surface area (Å²) in [4.78, 5) is 25.3. The molecule has 1 aliphatic heterocycles. The number of benzene rings is 1. The molecule has 1 aromatic heterocycles. The average molecular weight is 341 g/mol. The van der Waals surface area contributed by atoms with Gasteiger partial charge < -0.3 is 14.5 Å². The molecule has 1 aliphatic carbocycles. The van der Waals surface area contributed by atoms with Crippen LogP contribution >= 0.6 is 0 Å². The number of furan rings is 1. The van der Waals surface area contributed by atoms with Crippen LogP contribution < -0.4 is 10.1 Å². The highest BCUT2D eigenvalue weighted by molar-refractivity contribution is 6.13. The molecule has 2 aromatic rings. The molecule has 0 bridgehead atoms. The molecule has 132 valence electrons. The maximum absolute atomic E-state index is 12.7. The Bertz CT molecular complexity index is 871. The summed E-state index contributed by atoms with van der Waals surface area (Å²) in [5, 5.41) is 3.76. The van der Waals surface area contributed by atoms with Crippen molar-refractivity contribution in [2.75, 3.05) is 0 Å². The molecular weight excluding hydrogens is 318 g/mol. The van der Waals surface area contributed by atoms with Crippen molar-refractivity contribution in [2.45, 2.75) is 64.5 Å². The normalized spacial score (nSPS) is 19.7. The summed E-state index contributed by atoms with van der Waals surface area (Å²) in [6.07, 6.45) is 4.65. The van der Waals surface area contributed by atoms with E-state index in [2.05, 4.69) is 5.32 Å². The number of fused-ring (bicyclic) bond motifs is 3. The van der Waals surface area contributed by atoms with Gasteiger partial charge in [0.1, 0.15) is 16.9 Å². The number of carbonyl (C=O) groups excluding carboxylic acids is 2. The van der Waals surface area contributed by atoms with Crippen molar-refractivity contribution in [3.63, 3.8) is 0 Å². The Kier molecular flexibility index (Phi) is 3.63. The van der Waals surface area contributed by atoms with Crippen LogP contribution in [-0.2, 0) is 0 Å². The van der Waals surface area contributed by atoms with Gasteiger partial charge in [0.2, 0.25) is 0 Å². The summed E-state index contributed by atoms with van der Waals surface area (Å²) in [5.41, 5.74) is 1.29.